The molecule has 1 aromatic carbocycles. The van der Waals surface area contributed by atoms with Crippen LogP contribution in [0.3, 0.4) is 0 Å². The maximum atomic E-state index is 14.1. The Morgan fingerprint density at radius 1 is 1.25 bits per heavy atom. The molecule has 0 fully saturated rings. The van der Waals surface area contributed by atoms with Crippen molar-refractivity contribution in [3.8, 4) is 11.4 Å². The van der Waals surface area contributed by atoms with Gasteiger partial charge in [0.25, 0.3) is 0 Å². The summed E-state index contributed by atoms with van der Waals surface area (Å²) in [5, 5.41) is 0. The predicted octanol–water partition coefficient (Wildman–Crippen LogP) is 3.40. The summed E-state index contributed by atoms with van der Waals surface area (Å²) in [4.78, 5) is 8.86. The molecule has 5 heteroatoms. The smallest absolute Gasteiger partial charge is 0.160 e. The molecule has 4 nitrogen and oxygen atoms in total. The minimum absolute atomic E-state index is 0.116. The van der Waals surface area contributed by atoms with E-state index in [1.54, 1.807) is 18.3 Å². The van der Waals surface area contributed by atoms with Gasteiger partial charge in [0.1, 0.15) is 17.2 Å². The van der Waals surface area contributed by atoms with Crippen molar-refractivity contribution in [3.63, 3.8) is 0 Å². The molecule has 20 heavy (non-hydrogen) atoms. The second kappa shape index (κ2) is 4.59. The van der Waals surface area contributed by atoms with E-state index in [0.29, 0.717) is 17.1 Å². The summed E-state index contributed by atoms with van der Waals surface area (Å²) in [5.74, 6) is 0.218. The second-order valence-electron chi connectivity index (χ2n) is 4.98. The highest BCUT2D eigenvalue weighted by molar-refractivity contribution is 5.78. The Morgan fingerprint density at radius 2 is 2.05 bits per heavy atom. The van der Waals surface area contributed by atoms with E-state index in [-0.39, 0.29) is 11.9 Å². The molecule has 2 aromatic heterocycles. The number of hydrogen-bond donors (Lipinski definition) is 1. The molecular formula is C15H15FN4. The predicted molar refractivity (Wildman–Crippen MR) is 77.7 cm³/mol. The molecular weight excluding hydrogens is 255 g/mol. The Labute approximate surface area is 116 Å². The van der Waals surface area contributed by atoms with Gasteiger partial charge in [-0.1, -0.05) is 0 Å². The van der Waals surface area contributed by atoms with Crippen LogP contribution in [0.15, 0.2) is 36.5 Å². The van der Waals surface area contributed by atoms with Gasteiger partial charge in [-0.25, -0.2) is 14.4 Å². The summed E-state index contributed by atoms with van der Waals surface area (Å²) in [7, 11) is 0. The number of anilines is 1. The van der Waals surface area contributed by atoms with Gasteiger partial charge >= 0.3 is 0 Å². The minimum atomic E-state index is -0.337. The van der Waals surface area contributed by atoms with Crippen molar-refractivity contribution in [1.29, 1.82) is 0 Å². The molecule has 0 saturated heterocycles. The fourth-order valence-electron chi connectivity index (χ4n) is 2.32. The van der Waals surface area contributed by atoms with Crippen molar-refractivity contribution in [2.75, 3.05) is 5.73 Å². The lowest BCUT2D eigenvalue weighted by Gasteiger charge is -2.13. The number of imidazole rings is 1. The highest BCUT2D eigenvalue weighted by Crippen LogP contribution is 2.30. The molecule has 2 N–H and O–H groups in total. The first-order valence-corrected chi connectivity index (χ1v) is 6.46. The average molecular weight is 270 g/mol. The fourth-order valence-corrected chi connectivity index (χ4v) is 2.32. The molecule has 0 aliphatic carbocycles. The molecule has 102 valence electrons. The Balaban J connectivity index is 2.35. The van der Waals surface area contributed by atoms with Crippen LogP contribution >= 0.6 is 0 Å². The van der Waals surface area contributed by atoms with Crippen LogP contribution in [0.5, 0.6) is 0 Å². The zero-order valence-electron chi connectivity index (χ0n) is 11.3. The van der Waals surface area contributed by atoms with Crippen molar-refractivity contribution in [1.82, 2.24) is 14.5 Å². The molecule has 0 amide bonds. The molecule has 0 radical (unpaired) electrons. The minimum Gasteiger partial charge on any atom is -0.399 e. The summed E-state index contributed by atoms with van der Waals surface area (Å²) < 4.78 is 16.0. The molecule has 2 heterocycles. The highest BCUT2D eigenvalue weighted by atomic mass is 19.1. The second-order valence-corrected chi connectivity index (χ2v) is 4.98. The first-order chi connectivity index (χ1) is 9.58. The quantitative estimate of drug-likeness (QED) is 0.726. The van der Waals surface area contributed by atoms with Gasteiger partial charge in [0, 0.05) is 17.9 Å². The number of rotatable bonds is 2. The van der Waals surface area contributed by atoms with Crippen molar-refractivity contribution < 1.29 is 4.39 Å². The Hall–Kier alpha value is -2.43. The third-order valence-corrected chi connectivity index (χ3v) is 3.20. The van der Waals surface area contributed by atoms with Crippen LogP contribution in [-0.2, 0) is 0 Å². The molecule has 0 spiro atoms. The third-order valence-electron chi connectivity index (χ3n) is 3.20. The lowest BCUT2D eigenvalue weighted by Crippen LogP contribution is -2.05. The number of aromatic nitrogens is 3. The standard InChI is InChI=1S/C15H15FN4/c1-9(2)20-14(11-8-10(17)5-6-12(11)16)19-13-4-3-7-18-15(13)20/h3-9H,17H2,1-2H3. The summed E-state index contributed by atoms with van der Waals surface area (Å²) in [6, 6.07) is 8.32. The molecule has 0 aliphatic rings. The van der Waals surface area contributed by atoms with E-state index in [1.807, 2.05) is 30.5 Å². The van der Waals surface area contributed by atoms with E-state index in [2.05, 4.69) is 9.97 Å². The van der Waals surface area contributed by atoms with Crippen LogP contribution in [-0.4, -0.2) is 14.5 Å². The topological polar surface area (TPSA) is 56.7 Å². The van der Waals surface area contributed by atoms with Gasteiger partial charge in [-0.15, -0.1) is 0 Å². The van der Waals surface area contributed by atoms with Gasteiger partial charge in [0.05, 0.1) is 5.56 Å². The number of nitrogens with two attached hydrogens (primary N) is 1. The van der Waals surface area contributed by atoms with Crippen LogP contribution in [0.2, 0.25) is 0 Å². The number of nitrogens with zero attached hydrogens (tertiary/aromatic N) is 3. The van der Waals surface area contributed by atoms with E-state index in [4.69, 9.17) is 5.73 Å². The van der Waals surface area contributed by atoms with Crippen LogP contribution in [0.1, 0.15) is 19.9 Å². The van der Waals surface area contributed by atoms with Crippen LogP contribution in [0.4, 0.5) is 10.1 Å². The Bertz CT molecular complexity index is 777. The molecule has 3 aromatic rings. The first kappa shape index (κ1) is 12.6. The number of benzene rings is 1. The molecule has 3 rings (SSSR count). The van der Waals surface area contributed by atoms with Crippen molar-refractivity contribution in [2.45, 2.75) is 19.9 Å². The number of fused-ring (bicyclic) bond motifs is 1. The van der Waals surface area contributed by atoms with E-state index in [0.717, 1.165) is 11.2 Å². The average Bonchev–Trinajstić information content (AvgIpc) is 2.80. The van der Waals surface area contributed by atoms with E-state index < -0.39 is 0 Å². The van der Waals surface area contributed by atoms with Gasteiger partial charge in [0.2, 0.25) is 0 Å². The number of nitrogen functional groups attached to an aromatic ring is 1. The van der Waals surface area contributed by atoms with Gasteiger partial charge in [-0.3, -0.25) is 0 Å². The van der Waals surface area contributed by atoms with Gasteiger partial charge in [-0.05, 0) is 44.2 Å². The highest BCUT2D eigenvalue weighted by Gasteiger charge is 2.18. The maximum absolute atomic E-state index is 14.1. The van der Waals surface area contributed by atoms with E-state index in [9.17, 15) is 4.39 Å². The Morgan fingerprint density at radius 3 is 2.80 bits per heavy atom. The summed E-state index contributed by atoms with van der Waals surface area (Å²) in [6.45, 7) is 4.03. The maximum Gasteiger partial charge on any atom is 0.160 e. The lowest BCUT2D eigenvalue weighted by molar-refractivity contribution is 0.605. The van der Waals surface area contributed by atoms with Gasteiger partial charge in [0.15, 0.2) is 5.65 Å². The molecule has 0 bridgehead atoms. The molecule has 0 aliphatic heterocycles. The SMILES string of the molecule is CC(C)n1c(-c2cc(N)ccc2F)nc2cccnc21. The lowest BCUT2D eigenvalue weighted by atomic mass is 10.1. The van der Waals surface area contributed by atoms with E-state index >= 15 is 0 Å². The van der Waals surface area contributed by atoms with E-state index in [1.165, 1.54) is 6.07 Å². The van der Waals surface area contributed by atoms with Crippen molar-refractivity contribution in [3.05, 3.63) is 42.3 Å². The first-order valence-electron chi connectivity index (χ1n) is 6.46. The molecule has 0 atom stereocenters. The number of halogens is 1. The summed E-state index contributed by atoms with van der Waals surface area (Å²) in [5.41, 5.74) is 8.17. The zero-order valence-corrected chi connectivity index (χ0v) is 11.3. The van der Waals surface area contributed by atoms with Crippen LogP contribution < -0.4 is 5.73 Å². The monoisotopic (exact) mass is 270 g/mol. The number of hydrogen-bond acceptors (Lipinski definition) is 3. The third kappa shape index (κ3) is 1.91. The van der Waals surface area contributed by atoms with Crippen LogP contribution in [0.25, 0.3) is 22.6 Å². The Kier molecular flexibility index (Phi) is 2.89. The molecule has 0 saturated carbocycles. The summed E-state index contributed by atoms with van der Waals surface area (Å²) in [6.07, 6.45) is 1.71. The fraction of sp³-hybridized carbons (Fsp3) is 0.200. The zero-order chi connectivity index (χ0) is 14.3. The van der Waals surface area contributed by atoms with Gasteiger partial charge < -0.3 is 10.3 Å². The largest absolute Gasteiger partial charge is 0.399 e. The van der Waals surface area contributed by atoms with Crippen molar-refractivity contribution in [2.24, 2.45) is 0 Å². The molecule has 0 unspecified atom stereocenters. The summed E-state index contributed by atoms with van der Waals surface area (Å²) >= 11 is 0. The van der Waals surface area contributed by atoms with Crippen molar-refractivity contribution >= 4 is 16.9 Å². The van der Waals surface area contributed by atoms with Crippen LogP contribution in [0, 0.1) is 5.82 Å². The number of pyridine rings is 1. The normalized spacial score (nSPS) is 11.4. The van der Waals surface area contributed by atoms with Gasteiger partial charge in [-0.2, -0.15) is 0 Å².